The van der Waals surface area contributed by atoms with E-state index in [4.69, 9.17) is 4.74 Å². The van der Waals surface area contributed by atoms with E-state index in [1.165, 1.54) is 4.90 Å². The molecule has 1 amide bonds. The van der Waals surface area contributed by atoms with Gasteiger partial charge in [-0.1, -0.05) is 12.1 Å². The van der Waals surface area contributed by atoms with Crippen molar-refractivity contribution in [3.8, 4) is 0 Å². The molecule has 2 aliphatic rings. The van der Waals surface area contributed by atoms with Crippen LogP contribution in [0.15, 0.2) is 35.7 Å². The Morgan fingerprint density at radius 3 is 3.00 bits per heavy atom. The van der Waals surface area contributed by atoms with Crippen molar-refractivity contribution < 1.29 is 13.9 Å². The number of morpholine rings is 1. The molecule has 1 aromatic carbocycles. The Bertz CT molecular complexity index is 1260. The number of halogens is 1. The maximum atomic E-state index is 15.4. The number of carbonyl (C=O) groups is 1. The molecule has 36 heavy (non-hydrogen) atoms. The number of rotatable bonds is 9. The Hall–Kier alpha value is -3.64. The number of hydrazone groups is 1. The SMILES string of the molecule is CN(C)CCCN1CC(Nc2ncc3cnn(Cc4cccc(N5CCOCC5=O)c4F)c3n2)C=N1. The largest absolute Gasteiger partial charge is 0.370 e. The van der Waals surface area contributed by atoms with Crippen LogP contribution in [0.25, 0.3) is 11.0 Å². The first-order valence-electron chi connectivity index (χ1n) is 12.0. The predicted molar refractivity (Wildman–Crippen MR) is 135 cm³/mol. The summed E-state index contributed by atoms with van der Waals surface area (Å²) in [6.07, 6.45) is 6.27. The molecule has 1 atom stereocenters. The molecular formula is C24H30FN9O2. The number of hydrogen-bond donors (Lipinski definition) is 1. The Kier molecular flexibility index (Phi) is 7.05. The molecule has 11 nitrogen and oxygen atoms in total. The number of ether oxygens (including phenoxy) is 1. The Morgan fingerprint density at radius 2 is 2.17 bits per heavy atom. The van der Waals surface area contributed by atoms with Gasteiger partial charge in [0, 0.05) is 31.1 Å². The van der Waals surface area contributed by atoms with Crippen LogP contribution in [0.2, 0.25) is 0 Å². The number of benzene rings is 1. The van der Waals surface area contributed by atoms with E-state index in [9.17, 15) is 4.79 Å². The minimum Gasteiger partial charge on any atom is -0.370 e. The molecule has 0 saturated carbocycles. The van der Waals surface area contributed by atoms with Crippen molar-refractivity contribution in [2.75, 3.05) is 63.7 Å². The molecule has 190 valence electrons. The van der Waals surface area contributed by atoms with Gasteiger partial charge in [0.15, 0.2) is 11.5 Å². The smallest absolute Gasteiger partial charge is 0.253 e. The standard InChI is InChI=1S/C24H30FN9O2/c1-31(2)7-4-8-32-15-19(13-27-32)29-24-26-11-18-12-28-34(23(18)30-24)14-17-5-3-6-20(22(17)25)33-9-10-36-16-21(33)35/h3,5-6,11-13,19H,4,7-10,14-16H2,1-2H3,(H,26,29,30). The van der Waals surface area contributed by atoms with E-state index < -0.39 is 5.82 Å². The average Bonchev–Trinajstić information content (AvgIpc) is 3.47. The zero-order valence-electron chi connectivity index (χ0n) is 20.5. The second-order valence-electron chi connectivity index (χ2n) is 9.21. The first kappa shape index (κ1) is 24.1. The fourth-order valence-electron chi connectivity index (χ4n) is 4.35. The number of amides is 1. The van der Waals surface area contributed by atoms with Gasteiger partial charge in [-0.05, 0) is 33.1 Å². The van der Waals surface area contributed by atoms with Gasteiger partial charge < -0.3 is 19.9 Å². The summed E-state index contributed by atoms with van der Waals surface area (Å²) in [5.41, 5.74) is 1.27. The van der Waals surface area contributed by atoms with Gasteiger partial charge in [-0.3, -0.25) is 9.80 Å². The Labute approximate surface area is 208 Å². The summed E-state index contributed by atoms with van der Waals surface area (Å²) in [6.45, 7) is 3.48. The molecule has 0 aliphatic carbocycles. The summed E-state index contributed by atoms with van der Waals surface area (Å²) < 4.78 is 22.2. The molecule has 1 saturated heterocycles. The van der Waals surface area contributed by atoms with Crippen LogP contribution in [0.5, 0.6) is 0 Å². The molecule has 5 rings (SSSR count). The van der Waals surface area contributed by atoms with Crippen LogP contribution >= 0.6 is 0 Å². The van der Waals surface area contributed by atoms with Crippen molar-refractivity contribution in [3.63, 3.8) is 0 Å². The highest BCUT2D eigenvalue weighted by atomic mass is 19.1. The fourth-order valence-corrected chi connectivity index (χ4v) is 4.35. The molecule has 0 bridgehead atoms. The van der Waals surface area contributed by atoms with Gasteiger partial charge in [-0.25, -0.2) is 14.1 Å². The summed E-state index contributed by atoms with van der Waals surface area (Å²) in [7, 11) is 4.12. The monoisotopic (exact) mass is 495 g/mol. The molecule has 1 unspecified atom stereocenters. The van der Waals surface area contributed by atoms with Gasteiger partial charge in [-0.2, -0.15) is 15.2 Å². The third-order valence-corrected chi connectivity index (χ3v) is 6.19. The Balaban J connectivity index is 1.28. The molecule has 12 heteroatoms. The third-order valence-electron chi connectivity index (χ3n) is 6.19. The van der Waals surface area contributed by atoms with Crippen LogP contribution < -0.4 is 10.2 Å². The second-order valence-corrected chi connectivity index (χ2v) is 9.21. The lowest BCUT2D eigenvalue weighted by Crippen LogP contribution is -2.42. The highest BCUT2D eigenvalue weighted by Gasteiger charge is 2.24. The molecule has 2 aromatic heterocycles. The number of aromatic nitrogens is 4. The third kappa shape index (κ3) is 5.29. The molecule has 0 spiro atoms. The lowest BCUT2D eigenvalue weighted by atomic mass is 10.1. The van der Waals surface area contributed by atoms with E-state index in [1.807, 2.05) is 11.2 Å². The Morgan fingerprint density at radius 1 is 1.28 bits per heavy atom. The summed E-state index contributed by atoms with van der Waals surface area (Å²) in [6, 6.07) is 5.05. The molecule has 1 fully saturated rings. The van der Waals surface area contributed by atoms with E-state index in [0.29, 0.717) is 30.3 Å². The van der Waals surface area contributed by atoms with Crippen molar-refractivity contribution in [2.45, 2.75) is 19.0 Å². The second kappa shape index (κ2) is 10.5. The van der Waals surface area contributed by atoms with Gasteiger partial charge in [0.2, 0.25) is 5.95 Å². The summed E-state index contributed by atoms with van der Waals surface area (Å²) in [5, 5.41) is 15.0. The molecule has 1 N–H and O–H groups in total. The van der Waals surface area contributed by atoms with Crippen LogP contribution in [0.4, 0.5) is 16.0 Å². The maximum Gasteiger partial charge on any atom is 0.253 e. The number of nitrogens with zero attached hydrogens (tertiary/aromatic N) is 8. The van der Waals surface area contributed by atoms with Crippen LogP contribution in [0, 0.1) is 5.82 Å². The summed E-state index contributed by atoms with van der Waals surface area (Å²) in [4.78, 5) is 24.9. The normalized spacial score (nSPS) is 18.1. The van der Waals surface area contributed by atoms with Crippen molar-refractivity contribution in [2.24, 2.45) is 5.10 Å². The highest BCUT2D eigenvalue weighted by molar-refractivity contribution is 5.95. The topological polar surface area (TPSA) is 104 Å². The van der Waals surface area contributed by atoms with Crippen LogP contribution in [-0.4, -0.2) is 101 Å². The number of anilines is 2. The fraction of sp³-hybridized carbons (Fsp3) is 0.458. The van der Waals surface area contributed by atoms with Crippen LogP contribution in [0.1, 0.15) is 12.0 Å². The first-order chi connectivity index (χ1) is 17.5. The highest BCUT2D eigenvalue weighted by Crippen LogP contribution is 2.25. The van der Waals surface area contributed by atoms with Crippen molar-refractivity contribution in [1.82, 2.24) is 29.7 Å². The van der Waals surface area contributed by atoms with Crippen molar-refractivity contribution in [1.29, 1.82) is 0 Å². The average molecular weight is 496 g/mol. The van der Waals surface area contributed by atoms with E-state index in [-0.39, 0.29) is 30.8 Å². The maximum absolute atomic E-state index is 15.4. The predicted octanol–water partition coefficient (Wildman–Crippen LogP) is 1.41. The molecule has 4 heterocycles. The van der Waals surface area contributed by atoms with Gasteiger partial charge in [0.25, 0.3) is 5.91 Å². The van der Waals surface area contributed by atoms with Crippen LogP contribution in [-0.2, 0) is 16.1 Å². The van der Waals surface area contributed by atoms with Gasteiger partial charge in [0.1, 0.15) is 6.61 Å². The summed E-state index contributed by atoms with van der Waals surface area (Å²) in [5.74, 6) is -0.235. The van der Waals surface area contributed by atoms with Gasteiger partial charge in [0.05, 0.1) is 43.0 Å². The summed E-state index contributed by atoms with van der Waals surface area (Å²) >= 11 is 0. The number of nitrogens with one attached hydrogen (secondary N) is 1. The van der Waals surface area contributed by atoms with E-state index in [1.54, 1.807) is 35.3 Å². The number of carbonyl (C=O) groups excluding carboxylic acids is 1. The van der Waals surface area contributed by atoms with Crippen molar-refractivity contribution in [3.05, 3.63) is 42.0 Å². The van der Waals surface area contributed by atoms with Gasteiger partial charge >= 0.3 is 0 Å². The minimum absolute atomic E-state index is 0.00152. The van der Waals surface area contributed by atoms with Gasteiger partial charge in [-0.15, -0.1) is 0 Å². The van der Waals surface area contributed by atoms with E-state index >= 15 is 4.39 Å². The minimum atomic E-state index is -0.444. The van der Waals surface area contributed by atoms with Crippen LogP contribution in [0.3, 0.4) is 0 Å². The van der Waals surface area contributed by atoms with E-state index in [0.717, 1.165) is 31.4 Å². The first-order valence-corrected chi connectivity index (χ1v) is 12.0. The molecule has 0 radical (unpaired) electrons. The zero-order valence-corrected chi connectivity index (χ0v) is 20.5. The molecule has 2 aliphatic heterocycles. The molecule has 3 aromatic rings. The lowest BCUT2D eigenvalue weighted by Gasteiger charge is -2.27. The number of fused-ring (bicyclic) bond motifs is 1. The lowest BCUT2D eigenvalue weighted by molar-refractivity contribution is -0.125. The van der Waals surface area contributed by atoms with Crippen molar-refractivity contribution >= 4 is 34.8 Å². The molecular weight excluding hydrogens is 465 g/mol. The zero-order chi connectivity index (χ0) is 25.1. The quantitative estimate of drug-likeness (QED) is 0.475. The number of hydrogen-bond acceptors (Lipinski definition) is 9. The van der Waals surface area contributed by atoms with E-state index in [2.05, 4.69) is 44.5 Å².